The number of rotatable bonds is 2. The Bertz CT molecular complexity index is 865. The Morgan fingerprint density at radius 2 is 1.32 bits per heavy atom. The molecule has 0 saturated carbocycles. The minimum Gasteiger partial charge on any atom is -0.508 e. The van der Waals surface area contributed by atoms with Crippen LogP contribution in [0.1, 0.15) is 27.8 Å². The first kappa shape index (κ1) is 16.4. The largest absolute Gasteiger partial charge is 0.508 e. The molecule has 0 aliphatic carbocycles. The summed E-state index contributed by atoms with van der Waals surface area (Å²) in [5, 5.41) is 19.6. The lowest BCUT2D eigenvalue weighted by Gasteiger charge is -2.17. The highest BCUT2D eigenvalue weighted by molar-refractivity contribution is 7.91. The zero-order valence-corrected chi connectivity index (χ0v) is 14.2. The molecule has 0 saturated heterocycles. The molecule has 2 N–H and O–H groups in total. The topological polar surface area (TPSA) is 74.6 Å². The van der Waals surface area contributed by atoms with Crippen molar-refractivity contribution in [2.45, 2.75) is 44.4 Å². The third-order valence-electron chi connectivity index (χ3n) is 4.27. The van der Waals surface area contributed by atoms with Crippen molar-refractivity contribution in [2.75, 3.05) is 0 Å². The van der Waals surface area contributed by atoms with Crippen LogP contribution in [0.3, 0.4) is 0 Å². The van der Waals surface area contributed by atoms with Crippen LogP contribution in [0, 0.1) is 34.6 Å². The first-order chi connectivity index (χ1) is 10.1. The summed E-state index contributed by atoms with van der Waals surface area (Å²) in [6.07, 6.45) is 0. The van der Waals surface area contributed by atoms with Crippen LogP contribution in [0.5, 0.6) is 11.5 Å². The molecule has 2 rings (SSSR count). The zero-order valence-electron chi connectivity index (χ0n) is 13.4. The first-order valence-electron chi connectivity index (χ1n) is 6.93. The van der Waals surface area contributed by atoms with Gasteiger partial charge in [-0.1, -0.05) is 0 Å². The van der Waals surface area contributed by atoms with Crippen LogP contribution in [0.25, 0.3) is 0 Å². The molecule has 0 aliphatic heterocycles. The van der Waals surface area contributed by atoms with Crippen molar-refractivity contribution < 1.29 is 18.6 Å². The summed E-state index contributed by atoms with van der Waals surface area (Å²) in [4.78, 5) is 0.398. The Hall–Kier alpha value is -2.01. The molecule has 0 unspecified atom stereocenters. The van der Waals surface area contributed by atoms with Crippen molar-refractivity contribution in [3.05, 3.63) is 46.0 Å². The van der Waals surface area contributed by atoms with E-state index < -0.39 is 9.84 Å². The van der Waals surface area contributed by atoms with Crippen molar-refractivity contribution in [1.82, 2.24) is 0 Å². The van der Waals surface area contributed by atoms with Crippen LogP contribution >= 0.6 is 0 Å². The van der Waals surface area contributed by atoms with E-state index in [-0.39, 0.29) is 21.3 Å². The quantitative estimate of drug-likeness (QED) is 0.888. The predicted octanol–water partition coefficient (Wildman–Crippen LogP) is 3.47. The third kappa shape index (κ3) is 2.35. The fourth-order valence-corrected chi connectivity index (χ4v) is 4.70. The second-order valence-corrected chi connectivity index (χ2v) is 7.48. The number of sulfone groups is 1. The second-order valence-electron chi connectivity index (χ2n) is 5.63. The van der Waals surface area contributed by atoms with Crippen LogP contribution < -0.4 is 0 Å². The van der Waals surface area contributed by atoms with Gasteiger partial charge < -0.3 is 10.2 Å². The Kier molecular flexibility index (Phi) is 3.96. The predicted molar refractivity (Wildman–Crippen MR) is 85.4 cm³/mol. The molecule has 0 aliphatic rings. The summed E-state index contributed by atoms with van der Waals surface area (Å²) >= 11 is 0. The summed E-state index contributed by atoms with van der Waals surface area (Å²) in [5.41, 5.74) is 2.68. The van der Waals surface area contributed by atoms with E-state index in [4.69, 9.17) is 0 Å². The average molecular weight is 320 g/mol. The van der Waals surface area contributed by atoms with Crippen LogP contribution in [-0.2, 0) is 9.84 Å². The average Bonchev–Trinajstić information content (AvgIpc) is 2.41. The van der Waals surface area contributed by atoms with E-state index in [2.05, 4.69) is 0 Å². The summed E-state index contributed by atoms with van der Waals surface area (Å²) in [5.74, 6) is 0.166. The number of phenols is 2. The zero-order chi connectivity index (χ0) is 16.8. The molecule has 0 radical (unpaired) electrons. The lowest BCUT2D eigenvalue weighted by Crippen LogP contribution is -2.10. The van der Waals surface area contributed by atoms with E-state index >= 15 is 0 Å². The van der Waals surface area contributed by atoms with Gasteiger partial charge in [-0.3, -0.25) is 0 Å². The molecule has 0 atom stereocenters. The molecule has 0 spiro atoms. The van der Waals surface area contributed by atoms with E-state index in [9.17, 15) is 18.6 Å². The van der Waals surface area contributed by atoms with Crippen molar-refractivity contribution in [3.8, 4) is 11.5 Å². The van der Waals surface area contributed by atoms with Crippen LogP contribution in [-0.4, -0.2) is 18.6 Å². The highest BCUT2D eigenvalue weighted by Gasteiger charge is 2.26. The van der Waals surface area contributed by atoms with E-state index in [1.54, 1.807) is 34.6 Å². The molecule has 4 nitrogen and oxygen atoms in total. The van der Waals surface area contributed by atoms with Gasteiger partial charge in [-0.05, 0) is 80.6 Å². The number of aromatic hydroxyl groups is 2. The van der Waals surface area contributed by atoms with Gasteiger partial charge in [0.15, 0.2) is 0 Å². The van der Waals surface area contributed by atoms with Gasteiger partial charge in [0.2, 0.25) is 9.84 Å². The first-order valence-corrected chi connectivity index (χ1v) is 8.41. The van der Waals surface area contributed by atoms with E-state index in [1.807, 2.05) is 0 Å². The summed E-state index contributed by atoms with van der Waals surface area (Å²) in [7, 11) is -3.73. The molecule has 0 bridgehead atoms. The molecule has 0 fully saturated rings. The third-order valence-corrected chi connectivity index (χ3v) is 6.45. The van der Waals surface area contributed by atoms with Gasteiger partial charge in [0.05, 0.1) is 9.79 Å². The van der Waals surface area contributed by atoms with Crippen molar-refractivity contribution in [2.24, 2.45) is 0 Å². The Balaban J connectivity index is 2.83. The number of phenolic OH excluding ortho intramolecular Hbond substituents is 2. The minimum absolute atomic E-state index is 0.0757. The molecular formula is C17H20O4S. The molecule has 118 valence electrons. The summed E-state index contributed by atoms with van der Waals surface area (Å²) in [6.45, 7) is 8.42. The van der Waals surface area contributed by atoms with Gasteiger partial charge in [0.1, 0.15) is 11.5 Å². The van der Waals surface area contributed by atoms with Gasteiger partial charge in [-0.25, -0.2) is 8.42 Å². The highest BCUT2D eigenvalue weighted by Crippen LogP contribution is 2.36. The van der Waals surface area contributed by atoms with Crippen LogP contribution in [0.2, 0.25) is 0 Å². The molecule has 22 heavy (non-hydrogen) atoms. The second kappa shape index (κ2) is 5.32. The molecule has 0 amide bonds. The van der Waals surface area contributed by atoms with Gasteiger partial charge in [0.25, 0.3) is 0 Å². The maximum absolute atomic E-state index is 13.1. The van der Waals surface area contributed by atoms with Gasteiger partial charge in [-0.2, -0.15) is 0 Å². The Morgan fingerprint density at radius 1 is 0.773 bits per heavy atom. The molecule has 5 heteroatoms. The van der Waals surface area contributed by atoms with Crippen LogP contribution in [0.4, 0.5) is 0 Å². The Labute approximate surface area is 131 Å². The smallest absolute Gasteiger partial charge is 0.207 e. The molecule has 2 aromatic carbocycles. The fraction of sp³-hybridized carbons (Fsp3) is 0.294. The number of hydrogen-bond acceptors (Lipinski definition) is 4. The van der Waals surface area contributed by atoms with E-state index in [0.29, 0.717) is 27.8 Å². The maximum atomic E-state index is 13.1. The highest BCUT2D eigenvalue weighted by atomic mass is 32.2. The molecule has 0 heterocycles. The van der Waals surface area contributed by atoms with Gasteiger partial charge >= 0.3 is 0 Å². The van der Waals surface area contributed by atoms with Gasteiger partial charge in [-0.15, -0.1) is 0 Å². The van der Waals surface area contributed by atoms with E-state index in [1.165, 1.54) is 18.2 Å². The SMILES string of the molecule is Cc1cc(O)c(C)c(C)c1S(=O)(=O)c1ccc(O)c(C)c1C. The lowest BCUT2D eigenvalue weighted by atomic mass is 10.1. The number of hydrogen-bond donors (Lipinski definition) is 2. The Morgan fingerprint density at radius 3 is 1.91 bits per heavy atom. The van der Waals surface area contributed by atoms with Crippen molar-refractivity contribution in [1.29, 1.82) is 0 Å². The maximum Gasteiger partial charge on any atom is 0.207 e. The number of benzene rings is 2. The van der Waals surface area contributed by atoms with Crippen molar-refractivity contribution >= 4 is 9.84 Å². The monoisotopic (exact) mass is 320 g/mol. The van der Waals surface area contributed by atoms with E-state index in [0.717, 1.165) is 0 Å². The standard InChI is InChI=1S/C17H20O4S/c1-9-8-15(19)11(3)13(5)17(9)22(20,21)16-7-6-14(18)10(2)12(16)4/h6-8,18-19H,1-5H3. The van der Waals surface area contributed by atoms with Crippen LogP contribution in [0.15, 0.2) is 28.0 Å². The molecular weight excluding hydrogens is 300 g/mol. The molecule has 0 aromatic heterocycles. The minimum atomic E-state index is -3.73. The fourth-order valence-electron chi connectivity index (χ4n) is 2.63. The summed E-state index contributed by atoms with van der Waals surface area (Å²) in [6, 6.07) is 4.29. The van der Waals surface area contributed by atoms with Gasteiger partial charge in [0, 0.05) is 0 Å². The lowest BCUT2D eigenvalue weighted by molar-refractivity contribution is 0.469. The number of aryl methyl sites for hydroxylation is 1. The van der Waals surface area contributed by atoms with Crippen molar-refractivity contribution in [3.63, 3.8) is 0 Å². The molecule has 2 aromatic rings. The summed E-state index contributed by atoms with van der Waals surface area (Å²) < 4.78 is 26.1. The normalized spacial score (nSPS) is 11.7.